The van der Waals surface area contributed by atoms with Gasteiger partial charge in [0.2, 0.25) is 5.91 Å². The molecule has 0 saturated carbocycles. The average molecular weight is 516 g/mol. The molecule has 1 aromatic heterocycles. The van der Waals surface area contributed by atoms with Gasteiger partial charge in [-0.2, -0.15) is 0 Å². The molecule has 0 saturated heterocycles. The molecule has 196 valence electrons. The lowest BCUT2D eigenvalue weighted by atomic mass is 10.1. The molecule has 0 fully saturated rings. The summed E-state index contributed by atoms with van der Waals surface area (Å²) in [5, 5.41) is 26.7. The maximum Gasteiger partial charge on any atom is 0.268 e. The Labute approximate surface area is 220 Å². The Morgan fingerprint density at radius 1 is 0.974 bits per heavy atom. The van der Waals surface area contributed by atoms with Crippen LogP contribution in [0.2, 0.25) is 0 Å². The summed E-state index contributed by atoms with van der Waals surface area (Å²) in [5.41, 5.74) is 4.85. The number of anilines is 1. The van der Waals surface area contributed by atoms with Crippen molar-refractivity contribution >= 4 is 23.4 Å². The van der Waals surface area contributed by atoms with Crippen LogP contribution in [0.3, 0.4) is 0 Å². The maximum absolute atomic E-state index is 12.4. The van der Waals surface area contributed by atoms with Crippen LogP contribution in [-0.2, 0) is 16.0 Å². The summed E-state index contributed by atoms with van der Waals surface area (Å²) in [6.07, 6.45) is 3.12. The van der Waals surface area contributed by atoms with E-state index in [2.05, 4.69) is 32.8 Å². The highest BCUT2D eigenvalue weighted by atomic mass is 16.5. The second kappa shape index (κ2) is 14.2. The molecule has 1 heterocycles. The van der Waals surface area contributed by atoms with Gasteiger partial charge in [-0.25, -0.2) is 5.48 Å². The molecule has 10 heteroatoms. The number of aliphatic hydroxyl groups is 1. The monoisotopic (exact) mass is 515 g/mol. The molecule has 3 rings (SSSR count). The van der Waals surface area contributed by atoms with Crippen LogP contribution in [-0.4, -0.2) is 58.3 Å². The number of aliphatic hydroxyl groups excluding tert-OH is 1. The molecule has 3 aromatic rings. The van der Waals surface area contributed by atoms with Crippen LogP contribution in [0.1, 0.15) is 34.0 Å². The second-order valence-corrected chi connectivity index (χ2v) is 8.41. The SMILES string of the molecule is CC(O)C(NC(=O)c1ccc(C#Cc2ccc(NC(=O)CNCCc3cccnc3)cc2)cc1)C(=O)NO. The van der Waals surface area contributed by atoms with Crippen molar-refractivity contribution in [2.45, 2.75) is 25.5 Å². The summed E-state index contributed by atoms with van der Waals surface area (Å²) in [6.45, 7) is 2.19. The van der Waals surface area contributed by atoms with E-state index in [1.54, 1.807) is 60.9 Å². The zero-order valence-electron chi connectivity index (χ0n) is 20.8. The predicted octanol–water partition coefficient (Wildman–Crippen LogP) is 1.24. The van der Waals surface area contributed by atoms with Crippen molar-refractivity contribution < 1.29 is 24.7 Å². The minimum Gasteiger partial charge on any atom is -0.391 e. The topological polar surface area (TPSA) is 153 Å². The van der Waals surface area contributed by atoms with E-state index in [-0.39, 0.29) is 18.0 Å². The molecule has 2 aromatic carbocycles. The van der Waals surface area contributed by atoms with Gasteiger partial charge in [0, 0.05) is 34.8 Å². The average Bonchev–Trinajstić information content (AvgIpc) is 2.94. The van der Waals surface area contributed by atoms with Crippen molar-refractivity contribution in [2.24, 2.45) is 0 Å². The van der Waals surface area contributed by atoms with E-state index in [4.69, 9.17) is 5.21 Å². The molecule has 2 atom stereocenters. The third kappa shape index (κ3) is 8.83. The summed E-state index contributed by atoms with van der Waals surface area (Å²) in [5.74, 6) is 4.38. The quantitative estimate of drug-likeness (QED) is 0.103. The van der Waals surface area contributed by atoms with Crippen molar-refractivity contribution in [3.63, 3.8) is 0 Å². The van der Waals surface area contributed by atoms with Gasteiger partial charge in [-0.3, -0.25) is 24.6 Å². The van der Waals surface area contributed by atoms with Gasteiger partial charge in [-0.05, 0) is 80.1 Å². The first-order valence-electron chi connectivity index (χ1n) is 11.9. The molecule has 0 aliphatic carbocycles. The molecule has 0 radical (unpaired) electrons. The van der Waals surface area contributed by atoms with E-state index < -0.39 is 24.0 Å². The van der Waals surface area contributed by atoms with Gasteiger partial charge < -0.3 is 21.1 Å². The van der Waals surface area contributed by atoms with Crippen LogP contribution in [0.4, 0.5) is 5.69 Å². The zero-order chi connectivity index (χ0) is 27.3. The lowest BCUT2D eigenvalue weighted by molar-refractivity contribution is -0.133. The van der Waals surface area contributed by atoms with E-state index in [0.29, 0.717) is 17.8 Å². The highest BCUT2D eigenvalue weighted by molar-refractivity contribution is 5.97. The highest BCUT2D eigenvalue weighted by Gasteiger charge is 2.25. The lowest BCUT2D eigenvalue weighted by Crippen LogP contribution is -2.51. The third-order valence-corrected chi connectivity index (χ3v) is 5.43. The van der Waals surface area contributed by atoms with E-state index in [1.807, 2.05) is 12.1 Å². The van der Waals surface area contributed by atoms with Crippen LogP contribution in [0, 0.1) is 11.8 Å². The number of aromatic nitrogens is 1. The number of benzene rings is 2. The van der Waals surface area contributed by atoms with Gasteiger partial charge in [0.15, 0.2) is 0 Å². The minimum absolute atomic E-state index is 0.143. The Morgan fingerprint density at radius 3 is 2.21 bits per heavy atom. The van der Waals surface area contributed by atoms with Crippen LogP contribution < -0.4 is 21.4 Å². The Balaban J connectivity index is 1.47. The van der Waals surface area contributed by atoms with Gasteiger partial charge in [0.1, 0.15) is 6.04 Å². The Bertz CT molecular complexity index is 1280. The summed E-state index contributed by atoms with van der Waals surface area (Å²) in [4.78, 5) is 40.2. The van der Waals surface area contributed by atoms with Gasteiger partial charge >= 0.3 is 0 Å². The first-order valence-corrected chi connectivity index (χ1v) is 11.9. The first-order chi connectivity index (χ1) is 18.4. The molecule has 10 nitrogen and oxygen atoms in total. The van der Waals surface area contributed by atoms with Crippen LogP contribution in [0.25, 0.3) is 0 Å². The molecule has 2 unspecified atom stereocenters. The fourth-order valence-electron chi connectivity index (χ4n) is 3.37. The number of carbonyl (C=O) groups excluding carboxylic acids is 3. The first kappa shape index (κ1) is 28.0. The second-order valence-electron chi connectivity index (χ2n) is 8.41. The molecule has 38 heavy (non-hydrogen) atoms. The van der Waals surface area contributed by atoms with Gasteiger partial charge in [-0.15, -0.1) is 0 Å². The van der Waals surface area contributed by atoms with E-state index in [0.717, 1.165) is 17.5 Å². The van der Waals surface area contributed by atoms with Gasteiger partial charge in [0.25, 0.3) is 11.8 Å². The van der Waals surface area contributed by atoms with Crippen LogP contribution in [0.15, 0.2) is 73.1 Å². The molecule has 0 aliphatic heterocycles. The summed E-state index contributed by atoms with van der Waals surface area (Å²) < 4.78 is 0. The van der Waals surface area contributed by atoms with Crippen molar-refractivity contribution in [3.05, 3.63) is 95.3 Å². The van der Waals surface area contributed by atoms with Crippen molar-refractivity contribution in [2.75, 3.05) is 18.4 Å². The van der Waals surface area contributed by atoms with E-state index in [9.17, 15) is 19.5 Å². The highest BCUT2D eigenvalue weighted by Crippen LogP contribution is 2.10. The third-order valence-electron chi connectivity index (χ3n) is 5.43. The number of amides is 3. The Morgan fingerprint density at radius 2 is 1.63 bits per heavy atom. The molecule has 0 bridgehead atoms. The number of hydrogen-bond acceptors (Lipinski definition) is 7. The maximum atomic E-state index is 12.4. The van der Waals surface area contributed by atoms with Crippen LogP contribution >= 0.6 is 0 Å². The van der Waals surface area contributed by atoms with Gasteiger partial charge in [-0.1, -0.05) is 17.9 Å². The summed E-state index contributed by atoms with van der Waals surface area (Å²) >= 11 is 0. The van der Waals surface area contributed by atoms with Crippen LogP contribution in [0.5, 0.6) is 0 Å². The smallest absolute Gasteiger partial charge is 0.268 e. The largest absolute Gasteiger partial charge is 0.391 e. The molecule has 3 amide bonds. The van der Waals surface area contributed by atoms with E-state index in [1.165, 1.54) is 12.4 Å². The number of rotatable bonds is 10. The molecule has 0 spiro atoms. The normalized spacial score (nSPS) is 11.9. The number of hydrogen-bond donors (Lipinski definition) is 6. The fourth-order valence-corrected chi connectivity index (χ4v) is 3.37. The number of pyridine rings is 1. The molecular weight excluding hydrogens is 486 g/mol. The summed E-state index contributed by atoms with van der Waals surface area (Å²) in [6, 6.07) is 16.1. The lowest BCUT2D eigenvalue weighted by Gasteiger charge is -2.19. The van der Waals surface area contributed by atoms with E-state index >= 15 is 0 Å². The number of hydroxylamine groups is 1. The van der Waals surface area contributed by atoms with Crippen molar-refractivity contribution in [3.8, 4) is 11.8 Å². The molecular formula is C28H29N5O5. The summed E-state index contributed by atoms with van der Waals surface area (Å²) in [7, 11) is 0. The standard InChI is InChI=1S/C28H29N5O5/c1-19(34)26(28(37)33-38)32-27(36)23-10-6-20(7-11-23)4-5-21-8-12-24(13-9-21)31-25(35)18-30-16-14-22-3-2-15-29-17-22/h2-3,6-13,15,17,19,26,30,34,38H,14,16,18H2,1H3,(H,31,35)(H,32,36)(H,33,37). The number of nitrogens with one attached hydrogen (secondary N) is 4. The fraction of sp³-hybridized carbons (Fsp3) is 0.214. The Hall–Kier alpha value is -4.56. The zero-order valence-corrected chi connectivity index (χ0v) is 20.8. The minimum atomic E-state index is -1.30. The van der Waals surface area contributed by atoms with Crippen molar-refractivity contribution in [1.82, 2.24) is 21.1 Å². The number of nitrogens with zero attached hydrogens (tertiary/aromatic N) is 1. The number of carbonyl (C=O) groups is 3. The molecule has 0 aliphatic rings. The Kier molecular flexibility index (Phi) is 10.5. The van der Waals surface area contributed by atoms with Crippen molar-refractivity contribution in [1.29, 1.82) is 0 Å². The predicted molar refractivity (Wildman–Crippen MR) is 141 cm³/mol. The van der Waals surface area contributed by atoms with Gasteiger partial charge in [0.05, 0.1) is 12.6 Å². The molecule has 6 N–H and O–H groups in total.